The van der Waals surface area contributed by atoms with Crippen LogP contribution in [0.25, 0.3) is 0 Å². The summed E-state index contributed by atoms with van der Waals surface area (Å²) in [4.78, 5) is 4.79. The highest BCUT2D eigenvalue weighted by Gasteiger charge is 2.20. The summed E-state index contributed by atoms with van der Waals surface area (Å²) in [5.41, 5.74) is 6.51. The molecule has 0 fully saturated rings. The van der Waals surface area contributed by atoms with Crippen LogP contribution in [0.1, 0.15) is 22.3 Å². The third kappa shape index (κ3) is 2.79. The van der Waals surface area contributed by atoms with E-state index in [4.69, 9.17) is 28.8 Å². The second-order valence-corrected chi connectivity index (χ2v) is 6.22. The smallest absolute Gasteiger partial charge is 0.0755 e. The molecule has 1 atom stereocenters. The van der Waals surface area contributed by atoms with E-state index in [9.17, 15) is 0 Å². The van der Waals surface area contributed by atoms with Gasteiger partial charge in [-0.15, -0.1) is 0 Å². The molecule has 0 bridgehead atoms. The molecule has 3 rings (SSSR count). The number of fused-ring (bicyclic) bond motifs is 1. The molecule has 0 saturated carbocycles. The largest absolute Gasteiger partial charge is 0.376 e. The van der Waals surface area contributed by atoms with Crippen molar-refractivity contribution in [1.29, 1.82) is 0 Å². The summed E-state index contributed by atoms with van der Waals surface area (Å²) in [6, 6.07) is 12.2. The molecule has 112 valence electrons. The molecular weight excluding hydrogens is 312 g/mol. The zero-order valence-electron chi connectivity index (χ0n) is 12.6. The SMILES string of the molecule is Cc1cc2c(cc1C)C(c1ccccc1Cl)=NCC(C=S)N2. The molecule has 0 amide bonds. The van der Waals surface area contributed by atoms with E-state index in [0.717, 1.165) is 22.5 Å². The van der Waals surface area contributed by atoms with Crippen molar-refractivity contribution in [3.8, 4) is 0 Å². The van der Waals surface area contributed by atoms with Crippen molar-refractivity contribution in [2.75, 3.05) is 11.9 Å². The summed E-state index contributed by atoms with van der Waals surface area (Å²) in [5, 5.41) is 5.93. The average molecular weight is 329 g/mol. The van der Waals surface area contributed by atoms with Gasteiger partial charge in [-0.05, 0) is 43.2 Å². The van der Waals surface area contributed by atoms with E-state index < -0.39 is 0 Å². The summed E-state index contributed by atoms with van der Waals surface area (Å²) in [7, 11) is 0. The summed E-state index contributed by atoms with van der Waals surface area (Å²) in [6.45, 7) is 4.83. The molecule has 1 heterocycles. The van der Waals surface area contributed by atoms with Gasteiger partial charge in [0.25, 0.3) is 0 Å². The van der Waals surface area contributed by atoms with E-state index in [1.807, 2.05) is 24.3 Å². The van der Waals surface area contributed by atoms with Crippen LogP contribution in [0.15, 0.2) is 41.4 Å². The van der Waals surface area contributed by atoms with Crippen molar-refractivity contribution in [2.24, 2.45) is 4.99 Å². The fraction of sp³-hybridized carbons (Fsp3) is 0.222. The number of nitrogens with zero attached hydrogens (tertiary/aromatic N) is 1. The summed E-state index contributed by atoms with van der Waals surface area (Å²) in [6.07, 6.45) is 0. The summed E-state index contributed by atoms with van der Waals surface area (Å²) >= 11 is 11.5. The molecule has 0 radical (unpaired) electrons. The number of hydrogen-bond acceptors (Lipinski definition) is 3. The maximum atomic E-state index is 6.39. The number of rotatable bonds is 2. The fourth-order valence-corrected chi connectivity index (χ4v) is 2.99. The topological polar surface area (TPSA) is 24.4 Å². The number of thiocarbonyl (C=S) groups is 1. The van der Waals surface area contributed by atoms with E-state index in [1.54, 1.807) is 5.37 Å². The first-order valence-electron chi connectivity index (χ1n) is 7.23. The number of benzene rings is 2. The molecule has 1 aliphatic rings. The van der Waals surface area contributed by atoms with Gasteiger partial charge in [0.05, 0.1) is 18.3 Å². The standard InChI is InChI=1S/C18H17ClN2S/c1-11-7-15-17(8-12(11)2)21-13(10-22)9-20-18(15)14-5-3-4-6-16(14)19/h3-8,10,13,21H,9H2,1-2H3. The number of benzodiazepines with no additional fused rings is 1. The van der Waals surface area contributed by atoms with Crippen LogP contribution in [0.2, 0.25) is 5.02 Å². The third-order valence-electron chi connectivity index (χ3n) is 3.97. The quantitative estimate of drug-likeness (QED) is 0.815. The van der Waals surface area contributed by atoms with E-state index in [1.165, 1.54) is 11.1 Å². The molecule has 2 aromatic carbocycles. The van der Waals surface area contributed by atoms with Gasteiger partial charge in [-0.25, -0.2) is 0 Å². The lowest BCUT2D eigenvalue weighted by Gasteiger charge is -2.16. The number of halogens is 1. The second-order valence-electron chi connectivity index (χ2n) is 5.54. The molecular formula is C18H17ClN2S. The van der Waals surface area contributed by atoms with E-state index in [-0.39, 0.29) is 6.04 Å². The molecule has 0 aromatic heterocycles. The number of hydrogen-bond donors (Lipinski definition) is 1. The van der Waals surface area contributed by atoms with Gasteiger partial charge in [-0.3, -0.25) is 4.99 Å². The predicted molar refractivity (Wildman–Crippen MR) is 98.9 cm³/mol. The highest BCUT2D eigenvalue weighted by Crippen LogP contribution is 2.29. The van der Waals surface area contributed by atoms with Crippen LogP contribution in [0, 0.1) is 13.8 Å². The van der Waals surface area contributed by atoms with E-state index >= 15 is 0 Å². The second kappa shape index (κ2) is 6.19. The lowest BCUT2D eigenvalue weighted by atomic mass is 9.96. The Bertz CT molecular complexity index is 768. The Morgan fingerprint density at radius 1 is 1.18 bits per heavy atom. The van der Waals surface area contributed by atoms with Gasteiger partial charge < -0.3 is 5.32 Å². The minimum atomic E-state index is 0.0517. The highest BCUT2D eigenvalue weighted by molar-refractivity contribution is 7.79. The predicted octanol–water partition coefficient (Wildman–Crippen LogP) is 4.59. The van der Waals surface area contributed by atoms with Crippen LogP contribution in [0.5, 0.6) is 0 Å². The number of aryl methyl sites for hydroxylation is 2. The monoisotopic (exact) mass is 328 g/mol. The van der Waals surface area contributed by atoms with Gasteiger partial charge in [0.1, 0.15) is 0 Å². The third-order valence-corrected chi connectivity index (χ3v) is 4.63. The summed E-state index contributed by atoms with van der Waals surface area (Å²) < 4.78 is 0. The van der Waals surface area contributed by atoms with Gasteiger partial charge in [0.2, 0.25) is 0 Å². The Kier molecular flexibility index (Phi) is 4.27. The molecule has 1 aliphatic heterocycles. The highest BCUT2D eigenvalue weighted by atomic mass is 35.5. The molecule has 22 heavy (non-hydrogen) atoms. The maximum absolute atomic E-state index is 6.39. The molecule has 1 N–H and O–H groups in total. The molecule has 4 heteroatoms. The van der Waals surface area contributed by atoms with Gasteiger partial charge in [-0.2, -0.15) is 0 Å². The Morgan fingerprint density at radius 2 is 1.91 bits per heavy atom. The zero-order valence-corrected chi connectivity index (χ0v) is 14.1. The van der Waals surface area contributed by atoms with Gasteiger partial charge in [-0.1, -0.05) is 42.0 Å². The van der Waals surface area contributed by atoms with Crippen LogP contribution < -0.4 is 5.32 Å². The molecule has 0 saturated heterocycles. The Balaban J connectivity index is 2.22. The molecule has 0 spiro atoms. The fourth-order valence-electron chi connectivity index (χ4n) is 2.61. The van der Waals surface area contributed by atoms with Crippen molar-refractivity contribution in [3.05, 3.63) is 63.7 Å². The van der Waals surface area contributed by atoms with Gasteiger partial charge in [0, 0.05) is 27.2 Å². The lowest BCUT2D eigenvalue weighted by Crippen LogP contribution is -2.22. The summed E-state index contributed by atoms with van der Waals surface area (Å²) in [5.74, 6) is 0. The zero-order chi connectivity index (χ0) is 15.7. The minimum absolute atomic E-state index is 0.0517. The Morgan fingerprint density at radius 3 is 2.64 bits per heavy atom. The van der Waals surface area contributed by atoms with Crippen molar-refractivity contribution in [1.82, 2.24) is 0 Å². The first kappa shape index (κ1) is 15.2. The lowest BCUT2D eigenvalue weighted by molar-refractivity contribution is 0.947. The Labute approximate surface area is 141 Å². The molecule has 2 aromatic rings. The maximum Gasteiger partial charge on any atom is 0.0755 e. The van der Waals surface area contributed by atoms with Crippen LogP contribution in [-0.4, -0.2) is 23.7 Å². The number of aliphatic imine (C=N–C) groups is 1. The Hall–Kier alpha value is -1.71. The van der Waals surface area contributed by atoms with Gasteiger partial charge >= 0.3 is 0 Å². The first-order chi connectivity index (χ1) is 10.6. The molecule has 1 unspecified atom stereocenters. The van der Waals surface area contributed by atoms with Crippen LogP contribution >= 0.6 is 23.8 Å². The van der Waals surface area contributed by atoms with Crippen molar-refractivity contribution in [2.45, 2.75) is 19.9 Å². The van der Waals surface area contributed by atoms with E-state index in [2.05, 4.69) is 31.3 Å². The first-order valence-corrected chi connectivity index (χ1v) is 8.08. The van der Waals surface area contributed by atoms with Gasteiger partial charge in [0.15, 0.2) is 0 Å². The van der Waals surface area contributed by atoms with Crippen molar-refractivity contribution >= 4 is 40.6 Å². The average Bonchev–Trinajstić information content (AvgIpc) is 2.68. The van der Waals surface area contributed by atoms with E-state index in [0.29, 0.717) is 11.6 Å². The van der Waals surface area contributed by atoms with Crippen LogP contribution in [0.3, 0.4) is 0 Å². The number of anilines is 1. The minimum Gasteiger partial charge on any atom is -0.376 e. The van der Waals surface area contributed by atoms with Crippen molar-refractivity contribution < 1.29 is 0 Å². The van der Waals surface area contributed by atoms with Crippen LogP contribution in [-0.2, 0) is 0 Å². The number of nitrogens with one attached hydrogen (secondary N) is 1. The molecule has 0 aliphatic carbocycles. The van der Waals surface area contributed by atoms with Crippen molar-refractivity contribution in [3.63, 3.8) is 0 Å². The van der Waals surface area contributed by atoms with Crippen LogP contribution in [0.4, 0.5) is 5.69 Å². The normalized spacial score (nSPS) is 17.0. The molecule has 2 nitrogen and oxygen atoms in total.